The zero-order chi connectivity index (χ0) is 20.2. The average Bonchev–Trinajstić information content (AvgIpc) is 3.15. The first-order valence-corrected chi connectivity index (χ1v) is 7.35. The first-order valence-electron chi connectivity index (χ1n) is 7.35. The lowest BCUT2D eigenvalue weighted by Crippen LogP contribution is -2.42. The van der Waals surface area contributed by atoms with Crippen LogP contribution in [0.2, 0.25) is 0 Å². The summed E-state index contributed by atoms with van der Waals surface area (Å²) in [5.74, 6) is -3.58. The van der Waals surface area contributed by atoms with E-state index in [0.717, 1.165) is 10.1 Å². The van der Waals surface area contributed by atoms with Crippen LogP contribution >= 0.6 is 0 Å². The van der Waals surface area contributed by atoms with E-state index < -0.39 is 23.9 Å². The van der Waals surface area contributed by atoms with Crippen LogP contribution in [0.1, 0.15) is 11.5 Å². The van der Waals surface area contributed by atoms with Crippen LogP contribution in [0.15, 0.2) is 28.8 Å². The molecule has 1 aromatic heterocycles. The van der Waals surface area contributed by atoms with E-state index in [1.54, 1.807) is 0 Å². The molecule has 0 fully saturated rings. The molecule has 0 unspecified atom stereocenters. The van der Waals surface area contributed by atoms with Gasteiger partial charge in [-0.25, -0.2) is 10.1 Å². The monoisotopic (exact) mass is 388 g/mol. The fourth-order valence-corrected chi connectivity index (χ4v) is 1.92. The fraction of sp³-hybridized carbons (Fsp3) is 0.333. The molecule has 12 heteroatoms. The summed E-state index contributed by atoms with van der Waals surface area (Å²) >= 11 is 0. The summed E-state index contributed by atoms with van der Waals surface area (Å²) in [6, 6.07) is 5.93. The summed E-state index contributed by atoms with van der Waals surface area (Å²) in [5, 5.41) is 4.83. The van der Waals surface area contributed by atoms with Crippen LogP contribution in [0, 0.1) is 0 Å². The van der Waals surface area contributed by atoms with E-state index in [1.165, 1.54) is 45.5 Å². The Morgan fingerprint density at radius 1 is 1.11 bits per heavy atom. The number of amides is 2. The van der Waals surface area contributed by atoms with E-state index in [0.29, 0.717) is 5.56 Å². The number of halogens is 3. The highest BCUT2D eigenvalue weighted by Crippen LogP contribution is 2.29. The third-order valence-corrected chi connectivity index (χ3v) is 3.40. The zero-order valence-electron chi connectivity index (χ0n) is 14.5. The second kappa shape index (κ2) is 8.14. The number of carbonyl (C=O) groups excluding carboxylic acids is 2. The summed E-state index contributed by atoms with van der Waals surface area (Å²) in [5.41, 5.74) is 0.824. The maximum absolute atomic E-state index is 12.5. The summed E-state index contributed by atoms with van der Waals surface area (Å²) in [4.78, 5) is 36.7. The van der Waals surface area contributed by atoms with Crippen molar-refractivity contribution in [3.8, 4) is 11.4 Å². The Morgan fingerprint density at radius 3 is 2.22 bits per heavy atom. The van der Waals surface area contributed by atoms with E-state index in [1.807, 2.05) is 0 Å². The Labute approximate surface area is 151 Å². The summed E-state index contributed by atoms with van der Waals surface area (Å²) in [7, 11) is 3.70. The van der Waals surface area contributed by atoms with Crippen molar-refractivity contribution in [3.05, 3.63) is 35.7 Å². The second-order valence-electron chi connectivity index (χ2n) is 5.13. The molecule has 27 heavy (non-hydrogen) atoms. The van der Waals surface area contributed by atoms with Crippen LogP contribution in [0.5, 0.6) is 0 Å². The minimum absolute atomic E-state index is 0.0844. The van der Waals surface area contributed by atoms with Crippen LogP contribution in [0.4, 0.5) is 13.2 Å². The first-order chi connectivity index (χ1) is 12.7. The minimum atomic E-state index is -4.73. The maximum Gasteiger partial charge on any atom is 0.471 e. The molecule has 0 aliphatic rings. The van der Waals surface area contributed by atoms with Crippen molar-refractivity contribution in [1.29, 1.82) is 0 Å². The van der Waals surface area contributed by atoms with E-state index in [2.05, 4.69) is 19.5 Å². The summed E-state index contributed by atoms with van der Waals surface area (Å²) in [6.45, 7) is -0.0844. The van der Waals surface area contributed by atoms with Crippen molar-refractivity contribution >= 4 is 11.8 Å². The number of carbonyl (C=O) groups is 2. The number of hydrogen-bond donors (Lipinski definition) is 0. The summed E-state index contributed by atoms with van der Waals surface area (Å²) < 4.78 is 41.7. The van der Waals surface area contributed by atoms with Crippen LogP contribution in [0.25, 0.3) is 11.4 Å². The van der Waals surface area contributed by atoms with Crippen molar-refractivity contribution in [3.63, 3.8) is 0 Å². The number of rotatable bonds is 5. The van der Waals surface area contributed by atoms with Gasteiger partial charge in [-0.05, 0) is 5.56 Å². The molecule has 0 saturated carbocycles. The Hall–Kier alpha value is -2.99. The third-order valence-electron chi connectivity index (χ3n) is 3.40. The highest BCUT2D eigenvalue weighted by atomic mass is 19.4. The van der Waals surface area contributed by atoms with E-state index >= 15 is 0 Å². The molecule has 2 amide bonds. The number of hydrogen-bond acceptors (Lipinski definition) is 7. The third kappa shape index (κ3) is 4.80. The molecule has 0 N–H and O–H groups in total. The number of alkyl halides is 3. The van der Waals surface area contributed by atoms with E-state index in [-0.39, 0.29) is 17.9 Å². The molecule has 0 radical (unpaired) electrons. The highest BCUT2D eigenvalue weighted by Gasteiger charge is 2.38. The van der Waals surface area contributed by atoms with Crippen molar-refractivity contribution in [2.75, 3.05) is 21.3 Å². The molecular formula is C15H15F3N4O5. The molecule has 146 valence electrons. The number of likely N-dealkylation sites (N-methyl/N-ethyl adjacent to an activating group) is 1. The predicted molar refractivity (Wildman–Crippen MR) is 82.1 cm³/mol. The Balaban J connectivity index is 2.11. The molecule has 0 atom stereocenters. The number of benzene rings is 1. The molecule has 0 aliphatic heterocycles. The van der Waals surface area contributed by atoms with Gasteiger partial charge in [-0.2, -0.15) is 18.2 Å². The predicted octanol–water partition coefficient (Wildman–Crippen LogP) is 1.67. The smallest absolute Gasteiger partial charge is 0.329 e. The van der Waals surface area contributed by atoms with Gasteiger partial charge in [0, 0.05) is 12.6 Å². The standard InChI is InChI=1S/C15H15F3N4O5/c1-21(25-2)12(23)13(24)22(26-3)8-9-4-6-10(7-5-9)11-19-14(27-20-11)15(16,17)18/h4-7H,8H2,1-3H3. The van der Waals surface area contributed by atoms with Gasteiger partial charge in [-0.3, -0.25) is 19.3 Å². The lowest BCUT2D eigenvalue weighted by molar-refractivity contribution is -0.198. The molecule has 2 aromatic rings. The number of nitrogens with zero attached hydrogens (tertiary/aromatic N) is 4. The molecule has 9 nitrogen and oxygen atoms in total. The Bertz CT molecular complexity index is 807. The molecule has 0 aliphatic carbocycles. The molecular weight excluding hydrogens is 373 g/mol. The second-order valence-corrected chi connectivity index (χ2v) is 5.13. The van der Waals surface area contributed by atoms with Gasteiger partial charge in [0.2, 0.25) is 5.82 Å². The van der Waals surface area contributed by atoms with Gasteiger partial charge in [0.25, 0.3) is 0 Å². The highest BCUT2D eigenvalue weighted by molar-refractivity contribution is 6.34. The van der Waals surface area contributed by atoms with Gasteiger partial charge in [-0.15, -0.1) is 0 Å². The van der Waals surface area contributed by atoms with Crippen LogP contribution < -0.4 is 0 Å². The first kappa shape index (κ1) is 20.3. The van der Waals surface area contributed by atoms with E-state index in [4.69, 9.17) is 4.84 Å². The number of hydroxylamine groups is 4. The van der Waals surface area contributed by atoms with Gasteiger partial charge in [0.15, 0.2) is 0 Å². The van der Waals surface area contributed by atoms with Crippen molar-refractivity contribution in [2.24, 2.45) is 0 Å². The minimum Gasteiger partial charge on any atom is -0.329 e. The summed E-state index contributed by atoms with van der Waals surface area (Å²) in [6.07, 6.45) is -4.73. The normalized spacial score (nSPS) is 11.3. The van der Waals surface area contributed by atoms with Gasteiger partial charge in [0.1, 0.15) is 0 Å². The molecule has 1 aromatic carbocycles. The van der Waals surface area contributed by atoms with Gasteiger partial charge in [-0.1, -0.05) is 29.4 Å². The molecule has 1 heterocycles. The lowest BCUT2D eigenvalue weighted by Gasteiger charge is -2.21. The van der Waals surface area contributed by atoms with Gasteiger partial charge in [0.05, 0.1) is 20.8 Å². The molecule has 2 rings (SSSR count). The van der Waals surface area contributed by atoms with Crippen LogP contribution in [0.3, 0.4) is 0 Å². The van der Waals surface area contributed by atoms with Crippen molar-refractivity contribution in [1.82, 2.24) is 20.3 Å². The SMILES string of the molecule is CON(C)C(=O)C(=O)N(Cc1ccc(-c2noc(C(F)(F)F)n2)cc1)OC. The Morgan fingerprint density at radius 2 is 1.74 bits per heavy atom. The lowest BCUT2D eigenvalue weighted by atomic mass is 10.1. The van der Waals surface area contributed by atoms with Crippen molar-refractivity contribution in [2.45, 2.75) is 12.7 Å². The van der Waals surface area contributed by atoms with E-state index in [9.17, 15) is 22.8 Å². The Kier molecular flexibility index (Phi) is 6.13. The zero-order valence-corrected chi connectivity index (χ0v) is 14.5. The van der Waals surface area contributed by atoms with Gasteiger partial charge < -0.3 is 4.52 Å². The largest absolute Gasteiger partial charge is 0.471 e. The van der Waals surface area contributed by atoms with Gasteiger partial charge >= 0.3 is 23.9 Å². The molecule has 0 saturated heterocycles. The van der Waals surface area contributed by atoms with Crippen LogP contribution in [-0.2, 0) is 32.0 Å². The maximum atomic E-state index is 12.5. The molecule has 0 spiro atoms. The quantitative estimate of drug-likeness (QED) is 0.568. The fourth-order valence-electron chi connectivity index (χ4n) is 1.92. The topological polar surface area (TPSA) is 98.0 Å². The van der Waals surface area contributed by atoms with Crippen molar-refractivity contribution < 1.29 is 37.0 Å². The van der Waals surface area contributed by atoms with Crippen LogP contribution in [-0.4, -0.2) is 53.3 Å². The molecule has 0 bridgehead atoms. The average molecular weight is 388 g/mol. The number of aromatic nitrogens is 2.